The molecule has 0 radical (unpaired) electrons. The van der Waals surface area contributed by atoms with Crippen LogP contribution in [-0.4, -0.2) is 66.1 Å². The van der Waals surface area contributed by atoms with Crippen molar-refractivity contribution in [3.8, 4) is 0 Å². The van der Waals surface area contributed by atoms with E-state index in [1.165, 1.54) is 7.11 Å². The number of carbonyl (C=O) groups excluding carboxylic acids is 2. The Balaban J connectivity index is 1.97. The average molecular weight is 550 g/mol. The van der Waals surface area contributed by atoms with Crippen LogP contribution in [0.15, 0.2) is 59.5 Å². The molecule has 12 nitrogen and oxygen atoms in total. The van der Waals surface area contributed by atoms with Crippen molar-refractivity contribution in [3.63, 3.8) is 0 Å². The van der Waals surface area contributed by atoms with Crippen LogP contribution in [0.2, 0.25) is 0 Å². The van der Waals surface area contributed by atoms with E-state index in [0.29, 0.717) is 5.56 Å². The first-order chi connectivity index (χ1) is 17.8. The molecule has 13 heteroatoms. The van der Waals surface area contributed by atoms with Gasteiger partial charge in [0.2, 0.25) is 0 Å². The molecule has 2 aromatic rings. The van der Waals surface area contributed by atoms with Crippen LogP contribution in [0.4, 0.5) is 10.5 Å². The zero-order chi connectivity index (χ0) is 28.1. The summed E-state index contributed by atoms with van der Waals surface area (Å²) < 4.78 is 38.6. The Kier molecular flexibility index (Phi) is 9.07. The molecule has 38 heavy (non-hydrogen) atoms. The molecule has 1 heterocycles. The van der Waals surface area contributed by atoms with Crippen molar-refractivity contribution in [2.75, 3.05) is 13.7 Å². The van der Waals surface area contributed by atoms with Crippen molar-refractivity contribution >= 4 is 27.8 Å². The van der Waals surface area contributed by atoms with Gasteiger partial charge in [-0.05, 0) is 51.3 Å². The number of rotatable bonds is 8. The minimum atomic E-state index is -4.35. The number of esters is 1. The second-order valence-electron chi connectivity index (χ2n) is 9.67. The maximum Gasteiger partial charge on any atom is 0.411 e. The van der Waals surface area contributed by atoms with E-state index in [-0.39, 0.29) is 36.6 Å². The number of carbonyl (C=O) groups is 2. The van der Waals surface area contributed by atoms with Gasteiger partial charge in [0, 0.05) is 18.7 Å². The molecule has 1 aliphatic rings. The van der Waals surface area contributed by atoms with Gasteiger partial charge in [0.15, 0.2) is 0 Å². The Hall–Kier alpha value is -3.55. The van der Waals surface area contributed by atoms with Crippen LogP contribution in [0.25, 0.3) is 0 Å². The fourth-order valence-electron chi connectivity index (χ4n) is 3.95. The van der Waals surface area contributed by atoms with Crippen molar-refractivity contribution in [1.29, 1.82) is 0 Å². The molecule has 3 rings (SSSR count). The van der Waals surface area contributed by atoms with Crippen LogP contribution in [0.3, 0.4) is 0 Å². The van der Waals surface area contributed by atoms with Gasteiger partial charge >= 0.3 is 12.1 Å². The van der Waals surface area contributed by atoms with Crippen LogP contribution in [-0.2, 0) is 35.7 Å². The number of methoxy groups -OCH3 is 1. The Morgan fingerprint density at radius 1 is 1.08 bits per heavy atom. The van der Waals surface area contributed by atoms with Gasteiger partial charge in [0.25, 0.3) is 15.7 Å². The zero-order valence-electron chi connectivity index (χ0n) is 21.6. The Bertz CT molecular complexity index is 1250. The smallest absolute Gasteiger partial charge is 0.411 e. The van der Waals surface area contributed by atoms with Crippen molar-refractivity contribution in [2.45, 2.75) is 62.8 Å². The molecule has 206 valence electrons. The number of non-ortho nitro benzene ring substituents is 1. The number of ether oxygens (including phenoxy) is 2. The summed E-state index contributed by atoms with van der Waals surface area (Å²) in [6.07, 6.45) is -0.536. The normalized spacial score (nSPS) is 18.2. The lowest BCUT2D eigenvalue weighted by Crippen LogP contribution is -2.58. The molecule has 1 saturated heterocycles. The summed E-state index contributed by atoms with van der Waals surface area (Å²) in [6.45, 7) is 4.71. The summed E-state index contributed by atoms with van der Waals surface area (Å²) in [5.74, 6) is -0.649. The van der Waals surface area contributed by atoms with E-state index in [1.54, 1.807) is 45.0 Å². The van der Waals surface area contributed by atoms with Crippen LogP contribution >= 0.6 is 0 Å². The first-order valence-corrected chi connectivity index (χ1v) is 13.3. The lowest BCUT2D eigenvalue weighted by atomic mass is 9.99. The van der Waals surface area contributed by atoms with Crippen LogP contribution in [0, 0.1) is 10.1 Å². The maximum atomic E-state index is 13.7. The van der Waals surface area contributed by atoms with E-state index in [9.17, 15) is 28.1 Å². The molecule has 0 aromatic heterocycles. The fourth-order valence-corrected chi connectivity index (χ4v) is 5.40. The van der Waals surface area contributed by atoms with Gasteiger partial charge < -0.3 is 9.47 Å². The average Bonchev–Trinajstić information content (AvgIpc) is 2.87. The molecule has 1 aliphatic heterocycles. The number of amides is 1. The number of hydroxylamine groups is 1. The molecule has 2 aromatic carbocycles. The number of piperidine rings is 1. The third-order valence-electron chi connectivity index (χ3n) is 5.74. The lowest BCUT2D eigenvalue weighted by Gasteiger charge is -2.41. The summed E-state index contributed by atoms with van der Waals surface area (Å²) in [4.78, 5) is 42.7. The van der Waals surface area contributed by atoms with Gasteiger partial charge in [-0.15, -0.1) is 0 Å². The van der Waals surface area contributed by atoms with E-state index < -0.39 is 44.7 Å². The largest absolute Gasteiger partial charge is 0.467 e. The summed E-state index contributed by atoms with van der Waals surface area (Å²) in [5.41, 5.74) is -0.432. The van der Waals surface area contributed by atoms with Crippen LogP contribution < -0.4 is 0 Å². The van der Waals surface area contributed by atoms with Gasteiger partial charge in [-0.3, -0.25) is 19.9 Å². The standard InChI is InChI=1S/C25H31N3O9S/c1-25(2,3)37-24(30)26-16-20(12-15-22(26)23(29)35-4)28(36-17-18-8-6-5-7-9-18)38(33,34)21-13-10-19(11-14-21)27(31)32/h5-11,13-14,20,22H,12,15-17H2,1-4H3/t20-,22+/m1/s1. The van der Waals surface area contributed by atoms with E-state index in [4.69, 9.17) is 14.3 Å². The molecule has 0 N–H and O–H groups in total. The molecule has 0 bridgehead atoms. The molecule has 0 saturated carbocycles. The molecule has 0 aliphatic carbocycles. The highest BCUT2D eigenvalue weighted by Gasteiger charge is 2.44. The van der Waals surface area contributed by atoms with E-state index >= 15 is 0 Å². The number of likely N-dealkylation sites (tertiary alicyclic amines) is 1. The number of hydrogen-bond acceptors (Lipinski definition) is 9. The van der Waals surface area contributed by atoms with E-state index in [0.717, 1.165) is 33.6 Å². The van der Waals surface area contributed by atoms with Crippen LogP contribution in [0.5, 0.6) is 0 Å². The summed E-state index contributed by atoms with van der Waals surface area (Å²) in [5, 5.41) is 11.0. The predicted molar refractivity (Wildman–Crippen MR) is 135 cm³/mol. The van der Waals surface area contributed by atoms with Gasteiger partial charge in [-0.2, -0.15) is 0 Å². The molecule has 0 unspecified atom stereocenters. The molecular formula is C25H31N3O9S. The lowest BCUT2D eigenvalue weighted by molar-refractivity contribution is -0.384. The Morgan fingerprint density at radius 2 is 1.71 bits per heavy atom. The third kappa shape index (κ3) is 7.05. The summed E-state index contributed by atoms with van der Waals surface area (Å²) in [7, 11) is -3.14. The summed E-state index contributed by atoms with van der Waals surface area (Å²) >= 11 is 0. The van der Waals surface area contributed by atoms with Crippen LogP contribution in [0.1, 0.15) is 39.2 Å². The quantitative estimate of drug-likeness (QED) is 0.273. The zero-order valence-corrected chi connectivity index (χ0v) is 22.4. The van der Waals surface area contributed by atoms with Gasteiger partial charge in [0.05, 0.1) is 29.6 Å². The van der Waals surface area contributed by atoms with Gasteiger partial charge in [0.1, 0.15) is 11.6 Å². The number of benzene rings is 2. The molecular weight excluding hydrogens is 518 g/mol. The Morgan fingerprint density at radius 3 is 2.26 bits per heavy atom. The first-order valence-electron chi connectivity index (χ1n) is 11.9. The van der Waals surface area contributed by atoms with E-state index in [2.05, 4.69) is 0 Å². The maximum absolute atomic E-state index is 13.7. The Labute approximate surface area is 221 Å². The SMILES string of the molecule is COC(=O)[C@@H]1CC[C@@H](N(OCc2ccccc2)S(=O)(=O)c2ccc([N+](=O)[O-])cc2)CN1C(=O)OC(C)(C)C. The van der Waals surface area contributed by atoms with E-state index in [1.807, 2.05) is 6.07 Å². The number of nitro groups is 1. The van der Waals surface area contributed by atoms with Gasteiger partial charge in [-0.1, -0.05) is 34.8 Å². The fraction of sp³-hybridized carbons (Fsp3) is 0.440. The topological polar surface area (TPSA) is 146 Å². The number of sulfonamides is 1. The highest BCUT2D eigenvalue weighted by Crippen LogP contribution is 2.30. The highest BCUT2D eigenvalue weighted by molar-refractivity contribution is 7.89. The molecule has 1 amide bonds. The minimum absolute atomic E-state index is 0.0948. The summed E-state index contributed by atoms with van der Waals surface area (Å²) in [6, 6.07) is 11.4. The highest BCUT2D eigenvalue weighted by atomic mass is 32.2. The first kappa shape index (κ1) is 29.0. The molecule has 0 spiro atoms. The molecule has 1 fully saturated rings. The predicted octanol–water partition coefficient (Wildman–Crippen LogP) is 3.66. The van der Waals surface area contributed by atoms with Gasteiger partial charge in [-0.25, -0.2) is 18.0 Å². The molecule has 2 atom stereocenters. The van der Waals surface area contributed by atoms with Crippen molar-refractivity contribution < 1.29 is 37.2 Å². The second-order valence-corrected chi connectivity index (χ2v) is 11.5. The van der Waals surface area contributed by atoms with Crippen molar-refractivity contribution in [3.05, 3.63) is 70.3 Å². The van der Waals surface area contributed by atoms with Crippen molar-refractivity contribution in [2.24, 2.45) is 0 Å². The monoisotopic (exact) mass is 549 g/mol. The number of nitrogens with zero attached hydrogens (tertiary/aromatic N) is 3. The van der Waals surface area contributed by atoms with Crippen molar-refractivity contribution in [1.82, 2.24) is 9.37 Å². The minimum Gasteiger partial charge on any atom is -0.467 e. The third-order valence-corrected chi connectivity index (χ3v) is 7.49. The number of nitro benzene ring substituents is 1. The second kappa shape index (κ2) is 11.9. The number of hydrogen-bond donors (Lipinski definition) is 0.